The van der Waals surface area contributed by atoms with E-state index >= 15 is 0 Å². The third kappa shape index (κ3) is 3.40. The van der Waals surface area contributed by atoms with Gasteiger partial charge in [0.15, 0.2) is 6.10 Å². The molecule has 0 aromatic heterocycles. The summed E-state index contributed by atoms with van der Waals surface area (Å²) in [5, 5.41) is 11.8. The van der Waals surface area contributed by atoms with Crippen molar-refractivity contribution in [3.63, 3.8) is 0 Å². The minimum Gasteiger partial charge on any atom is -0.378 e. The van der Waals surface area contributed by atoms with E-state index in [0.717, 1.165) is 0 Å². The second kappa shape index (κ2) is 5.11. The quantitative estimate of drug-likeness (QED) is 0.612. The van der Waals surface area contributed by atoms with E-state index in [1.807, 2.05) is 0 Å². The highest BCUT2D eigenvalue weighted by Crippen LogP contribution is 2.11. The number of hydrogen-bond acceptors (Lipinski definition) is 3. The largest absolute Gasteiger partial charge is 0.378 e. The molecule has 0 heterocycles. The summed E-state index contributed by atoms with van der Waals surface area (Å²) in [6.07, 6.45) is -1.27. The predicted octanol–water partition coefficient (Wildman–Crippen LogP) is -0.678. The SMILES string of the molecule is NC(=O)CNC(=O)C(O)c1ccccc1. The van der Waals surface area contributed by atoms with Crippen molar-refractivity contribution in [1.82, 2.24) is 5.32 Å². The van der Waals surface area contributed by atoms with Crippen LogP contribution < -0.4 is 11.1 Å². The van der Waals surface area contributed by atoms with E-state index < -0.39 is 17.9 Å². The predicted molar refractivity (Wildman–Crippen MR) is 53.6 cm³/mol. The van der Waals surface area contributed by atoms with Crippen LogP contribution >= 0.6 is 0 Å². The highest BCUT2D eigenvalue weighted by molar-refractivity contribution is 5.86. The zero-order valence-corrected chi connectivity index (χ0v) is 8.01. The first-order chi connectivity index (χ1) is 7.11. The standard InChI is InChI=1S/C10H12N2O3/c11-8(13)6-12-10(15)9(14)7-4-2-1-3-5-7/h1-5,9,14H,6H2,(H2,11,13)(H,12,15). The summed E-state index contributed by atoms with van der Waals surface area (Å²) in [7, 11) is 0. The van der Waals surface area contributed by atoms with Crippen molar-refractivity contribution in [3.05, 3.63) is 35.9 Å². The Morgan fingerprint density at radius 3 is 2.47 bits per heavy atom. The van der Waals surface area contributed by atoms with Gasteiger partial charge in [-0.15, -0.1) is 0 Å². The van der Waals surface area contributed by atoms with E-state index in [-0.39, 0.29) is 6.54 Å². The van der Waals surface area contributed by atoms with Gasteiger partial charge in [-0.3, -0.25) is 9.59 Å². The first-order valence-corrected chi connectivity index (χ1v) is 4.40. The fourth-order valence-corrected chi connectivity index (χ4v) is 1.06. The van der Waals surface area contributed by atoms with Gasteiger partial charge in [-0.05, 0) is 5.56 Å². The van der Waals surface area contributed by atoms with Gasteiger partial charge in [0.2, 0.25) is 5.91 Å². The topological polar surface area (TPSA) is 92.4 Å². The van der Waals surface area contributed by atoms with Gasteiger partial charge < -0.3 is 16.2 Å². The summed E-state index contributed by atoms with van der Waals surface area (Å²) in [6.45, 7) is -0.275. The van der Waals surface area contributed by atoms with Gasteiger partial charge in [0, 0.05) is 0 Å². The molecule has 0 bridgehead atoms. The summed E-state index contributed by atoms with van der Waals surface area (Å²) in [4.78, 5) is 21.7. The highest BCUT2D eigenvalue weighted by Gasteiger charge is 2.16. The molecule has 0 spiro atoms. The second-order valence-electron chi connectivity index (χ2n) is 3.00. The van der Waals surface area contributed by atoms with Crippen LogP contribution in [-0.2, 0) is 9.59 Å². The number of primary amides is 1. The molecule has 0 aliphatic carbocycles. The van der Waals surface area contributed by atoms with Crippen LogP contribution in [0.5, 0.6) is 0 Å². The van der Waals surface area contributed by atoms with Crippen LogP contribution in [0, 0.1) is 0 Å². The summed E-state index contributed by atoms with van der Waals surface area (Å²) in [6, 6.07) is 8.43. The lowest BCUT2D eigenvalue weighted by atomic mass is 10.1. The maximum Gasteiger partial charge on any atom is 0.253 e. The van der Waals surface area contributed by atoms with Crippen LogP contribution in [-0.4, -0.2) is 23.5 Å². The Kier molecular flexibility index (Phi) is 3.82. The molecule has 1 aromatic rings. The molecule has 80 valence electrons. The summed E-state index contributed by atoms with van der Waals surface area (Å²) < 4.78 is 0. The molecule has 0 saturated heterocycles. The normalized spacial score (nSPS) is 11.8. The third-order valence-corrected chi connectivity index (χ3v) is 1.80. The van der Waals surface area contributed by atoms with E-state index in [4.69, 9.17) is 5.73 Å². The fourth-order valence-electron chi connectivity index (χ4n) is 1.06. The molecule has 1 unspecified atom stereocenters. The monoisotopic (exact) mass is 208 g/mol. The zero-order valence-electron chi connectivity index (χ0n) is 8.01. The van der Waals surface area contributed by atoms with Crippen LogP contribution in [0.1, 0.15) is 11.7 Å². The van der Waals surface area contributed by atoms with Gasteiger partial charge in [0.05, 0.1) is 6.54 Å². The van der Waals surface area contributed by atoms with Gasteiger partial charge in [-0.25, -0.2) is 0 Å². The number of nitrogens with one attached hydrogen (secondary N) is 1. The molecule has 0 aliphatic rings. The van der Waals surface area contributed by atoms with E-state index in [1.54, 1.807) is 30.3 Å². The molecule has 0 fully saturated rings. The van der Waals surface area contributed by atoms with Crippen molar-refractivity contribution < 1.29 is 14.7 Å². The van der Waals surface area contributed by atoms with Crippen molar-refractivity contribution in [2.45, 2.75) is 6.10 Å². The maximum atomic E-state index is 11.3. The number of aliphatic hydroxyl groups is 1. The number of nitrogens with two attached hydrogens (primary N) is 1. The van der Waals surface area contributed by atoms with Crippen LogP contribution in [0.15, 0.2) is 30.3 Å². The third-order valence-electron chi connectivity index (χ3n) is 1.80. The Balaban J connectivity index is 2.57. The molecule has 1 aromatic carbocycles. The number of carbonyl (C=O) groups is 2. The number of rotatable bonds is 4. The average Bonchev–Trinajstić information content (AvgIpc) is 2.26. The van der Waals surface area contributed by atoms with Gasteiger partial charge in [-0.1, -0.05) is 30.3 Å². The minimum absolute atomic E-state index is 0.275. The van der Waals surface area contributed by atoms with E-state index in [9.17, 15) is 14.7 Å². The Morgan fingerprint density at radius 2 is 1.93 bits per heavy atom. The molecule has 5 heteroatoms. The number of aliphatic hydroxyl groups excluding tert-OH is 1. The van der Waals surface area contributed by atoms with Crippen molar-refractivity contribution in [3.8, 4) is 0 Å². The van der Waals surface area contributed by atoms with Crippen molar-refractivity contribution >= 4 is 11.8 Å². The molecule has 0 saturated carbocycles. The van der Waals surface area contributed by atoms with Crippen LogP contribution in [0.3, 0.4) is 0 Å². The van der Waals surface area contributed by atoms with Crippen LogP contribution in [0.4, 0.5) is 0 Å². The maximum absolute atomic E-state index is 11.3. The first kappa shape index (κ1) is 11.2. The van der Waals surface area contributed by atoms with Gasteiger partial charge in [0.25, 0.3) is 5.91 Å². The van der Waals surface area contributed by atoms with Gasteiger partial charge in [-0.2, -0.15) is 0 Å². The molecule has 0 radical (unpaired) electrons. The van der Waals surface area contributed by atoms with E-state index in [2.05, 4.69) is 5.32 Å². The summed E-state index contributed by atoms with van der Waals surface area (Å²) in [5.41, 5.74) is 5.32. The molecule has 2 amide bonds. The second-order valence-corrected chi connectivity index (χ2v) is 3.00. The molecule has 1 rings (SSSR count). The fraction of sp³-hybridized carbons (Fsp3) is 0.200. The molecular weight excluding hydrogens is 196 g/mol. The smallest absolute Gasteiger partial charge is 0.253 e. The Labute approximate surface area is 86.9 Å². The minimum atomic E-state index is -1.27. The van der Waals surface area contributed by atoms with E-state index in [1.165, 1.54) is 0 Å². The molecule has 15 heavy (non-hydrogen) atoms. The van der Waals surface area contributed by atoms with Crippen LogP contribution in [0.25, 0.3) is 0 Å². The molecule has 5 nitrogen and oxygen atoms in total. The molecule has 1 atom stereocenters. The number of hydrogen-bond donors (Lipinski definition) is 3. The number of benzene rings is 1. The lowest BCUT2D eigenvalue weighted by molar-refractivity contribution is -0.131. The lowest BCUT2D eigenvalue weighted by Crippen LogP contribution is -2.36. The summed E-state index contributed by atoms with van der Waals surface area (Å²) in [5.74, 6) is -1.29. The zero-order chi connectivity index (χ0) is 11.3. The molecule has 0 aliphatic heterocycles. The van der Waals surface area contributed by atoms with Gasteiger partial charge >= 0.3 is 0 Å². The van der Waals surface area contributed by atoms with Crippen LogP contribution in [0.2, 0.25) is 0 Å². The lowest BCUT2D eigenvalue weighted by Gasteiger charge is -2.10. The number of amides is 2. The van der Waals surface area contributed by atoms with Gasteiger partial charge in [0.1, 0.15) is 0 Å². The Hall–Kier alpha value is -1.88. The first-order valence-electron chi connectivity index (χ1n) is 4.40. The van der Waals surface area contributed by atoms with E-state index in [0.29, 0.717) is 5.56 Å². The van der Waals surface area contributed by atoms with Crippen molar-refractivity contribution in [1.29, 1.82) is 0 Å². The Morgan fingerprint density at radius 1 is 1.33 bits per heavy atom. The number of carbonyl (C=O) groups excluding carboxylic acids is 2. The average molecular weight is 208 g/mol. The Bertz CT molecular complexity index is 351. The molecule has 4 N–H and O–H groups in total. The summed E-state index contributed by atoms with van der Waals surface area (Å²) >= 11 is 0. The molecular formula is C10H12N2O3. The van der Waals surface area contributed by atoms with Crippen molar-refractivity contribution in [2.24, 2.45) is 5.73 Å². The van der Waals surface area contributed by atoms with Crippen molar-refractivity contribution in [2.75, 3.05) is 6.54 Å². The highest BCUT2D eigenvalue weighted by atomic mass is 16.3.